The smallest absolute Gasteiger partial charge is 0.410 e. The minimum Gasteiger partial charge on any atom is -0.444 e. The Morgan fingerprint density at radius 3 is 1.97 bits per heavy atom. The van der Waals surface area contributed by atoms with Crippen molar-refractivity contribution in [2.75, 3.05) is 66.5 Å². The van der Waals surface area contributed by atoms with Gasteiger partial charge in [0, 0.05) is 76.8 Å². The Labute approximate surface area is 574 Å². The first-order chi connectivity index (χ1) is 46.1. The molecule has 31 heteroatoms. The summed E-state index contributed by atoms with van der Waals surface area (Å²) in [6.45, 7) is 16.6. The largest absolute Gasteiger partial charge is 0.444 e. The average molecular weight is 1400 g/mol. The quantitative estimate of drug-likeness (QED) is 0.0206. The van der Waals surface area contributed by atoms with Gasteiger partial charge in [-0.2, -0.15) is 8.42 Å². The SMILES string of the molecule is CCC(C)C(C(CC(=O)N1CCCC1C(OC)C(C)C(=O)NC(C)C(=O)c1ccccc1)OC)N(C)C(=O)C(NC(=O)C(C(C)C)N(C)C(=O)OCc1ccc(NC(=O)[C@H](CCCNC(N)=O)NC(=O)C(NC(=O)CCOCCN2C(=O)C=CC2=O)C(C)C)cc1S(=O)(=O)O)C(C)C. The van der Waals surface area contributed by atoms with Gasteiger partial charge in [0.2, 0.25) is 41.4 Å². The molecular formula is C67H101N11O19S. The van der Waals surface area contributed by atoms with Crippen LogP contribution in [0.1, 0.15) is 130 Å². The van der Waals surface area contributed by atoms with Crippen LogP contribution in [0.5, 0.6) is 0 Å². The number of rotatable bonds is 39. The van der Waals surface area contributed by atoms with E-state index >= 15 is 0 Å². The van der Waals surface area contributed by atoms with Crippen molar-refractivity contribution in [2.24, 2.45) is 35.3 Å². The maximum atomic E-state index is 14.8. The van der Waals surface area contributed by atoms with Crippen LogP contribution < -0.4 is 37.6 Å². The third-order valence-electron chi connectivity index (χ3n) is 17.6. The zero-order valence-corrected chi connectivity index (χ0v) is 59.4. The normalized spacial score (nSPS) is 17.0. The number of amides is 12. The lowest BCUT2D eigenvalue weighted by Crippen LogP contribution is -2.60. The van der Waals surface area contributed by atoms with Gasteiger partial charge in [0.05, 0.1) is 62.4 Å². The summed E-state index contributed by atoms with van der Waals surface area (Å²) in [4.78, 5) is 165. The summed E-state index contributed by atoms with van der Waals surface area (Å²) in [5.41, 5.74) is 5.21. The molecule has 12 amide bonds. The topological polar surface area (TPSA) is 407 Å². The average Bonchev–Trinajstić information content (AvgIpc) is 1.20. The minimum absolute atomic E-state index is 0.0159. The van der Waals surface area contributed by atoms with Gasteiger partial charge in [-0.3, -0.25) is 62.3 Å². The summed E-state index contributed by atoms with van der Waals surface area (Å²) in [6, 6.07) is 3.99. The Balaban J connectivity index is 1.45. The number of benzene rings is 2. The third kappa shape index (κ3) is 23.4. The molecule has 1 saturated heterocycles. The highest BCUT2D eigenvalue weighted by atomic mass is 32.2. The molecule has 10 unspecified atom stereocenters. The zero-order chi connectivity index (χ0) is 73.5. The van der Waals surface area contributed by atoms with E-state index in [2.05, 4.69) is 31.9 Å². The molecule has 0 bridgehead atoms. The molecule has 11 atom stereocenters. The molecule has 4 rings (SSSR count). The van der Waals surface area contributed by atoms with Crippen LogP contribution in [0.15, 0.2) is 65.6 Å². The molecule has 1 fully saturated rings. The Kier molecular flexibility index (Phi) is 32.4. The van der Waals surface area contributed by atoms with Crippen LogP contribution in [0, 0.1) is 29.6 Å². The fraction of sp³-hybridized carbons (Fsp3) is 0.612. The van der Waals surface area contributed by atoms with Gasteiger partial charge in [0.15, 0.2) is 5.78 Å². The number of ketones is 1. The minimum atomic E-state index is -5.12. The molecule has 0 spiro atoms. The van der Waals surface area contributed by atoms with Gasteiger partial charge in [-0.05, 0) is 68.4 Å². The molecule has 9 N–H and O–H groups in total. The molecule has 0 aliphatic carbocycles. The van der Waals surface area contributed by atoms with E-state index in [1.54, 1.807) is 97.7 Å². The van der Waals surface area contributed by atoms with Crippen LogP contribution in [0.25, 0.3) is 0 Å². The number of urea groups is 1. The van der Waals surface area contributed by atoms with Crippen molar-refractivity contribution in [1.82, 2.24) is 46.2 Å². The van der Waals surface area contributed by atoms with Crippen LogP contribution >= 0.6 is 0 Å². The lowest BCUT2D eigenvalue weighted by molar-refractivity contribution is -0.148. The van der Waals surface area contributed by atoms with Crippen molar-refractivity contribution in [1.29, 1.82) is 0 Å². The number of primary amides is 1. The number of carbonyl (C=O) groups is 12. The Hall–Kier alpha value is -8.39. The number of likely N-dealkylation sites (tertiary alicyclic amines) is 1. The molecule has 2 aromatic carbocycles. The number of nitrogens with one attached hydrogen (secondary N) is 6. The summed E-state index contributed by atoms with van der Waals surface area (Å²) >= 11 is 0. The summed E-state index contributed by atoms with van der Waals surface area (Å²) in [7, 11) is 0.645. The number of nitrogens with zero attached hydrogens (tertiary/aromatic N) is 4. The van der Waals surface area contributed by atoms with E-state index in [4.69, 9.17) is 24.7 Å². The van der Waals surface area contributed by atoms with E-state index in [1.165, 1.54) is 32.2 Å². The molecule has 2 aliphatic heterocycles. The van der Waals surface area contributed by atoms with E-state index in [9.17, 15) is 70.5 Å². The molecule has 98 heavy (non-hydrogen) atoms. The van der Waals surface area contributed by atoms with Crippen LogP contribution in [0.4, 0.5) is 15.3 Å². The van der Waals surface area contributed by atoms with Crippen LogP contribution in [0.3, 0.4) is 0 Å². The van der Waals surface area contributed by atoms with Crippen molar-refractivity contribution in [2.45, 2.75) is 180 Å². The Morgan fingerprint density at radius 1 is 0.755 bits per heavy atom. The first kappa shape index (κ1) is 82.0. The van der Waals surface area contributed by atoms with Crippen LogP contribution in [0.2, 0.25) is 0 Å². The fourth-order valence-corrected chi connectivity index (χ4v) is 12.7. The highest BCUT2D eigenvalue weighted by Gasteiger charge is 2.44. The molecule has 0 radical (unpaired) electrons. The predicted molar refractivity (Wildman–Crippen MR) is 360 cm³/mol. The van der Waals surface area contributed by atoms with E-state index in [1.807, 2.05) is 13.8 Å². The Morgan fingerprint density at radius 2 is 1.40 bits per heavy atom. The van der Waals surface area contributed by atoms with Gasteiger partial charge in [-0.1, -0.05) is 105 Å². The monoisotopic (exact) mass is 1400 g/mol. The zero-order valence-electron chi connectivity index (χ0n) is 58.6. The molecule has 0 saturated carbocycles. The fourth-order valence-electron chi connectivity index (χ4n) is 11.9. The number of methoxy groups -OCH3 is 2. The second-order valence-corrected chi connectivity index (χ2v) is 27.1. The summed E-state index contributed by atoms with van der Waals surface area (Å²) in [5.74, 6) is -8.11. The van der Waals surface area contributed by atoms with E-state index in [0.717, 1.165) is 34.1 Å². The highest BCUT2D eigenvalue weighted by molar-refractivity contribution is 7.85. The lowest BCUT2D eigenvalue weighted by atomic mass is 9.89. The number of anilines is 1. The maximum Gasteiger partial charge on any atom is 0.410 e. The first-order valence-electron chi connectivity index (χ1n) is 33.0. The third-order valence-corrected chi connectivity index (χ3v) is 18.5. The van der Waals surface area contributed by atoms with E-state index in [0.29, 0.717) is 31.4 Å². The van der Waals surface area contributed by atoms with E-state index in [-0.39, 0.29) is 80.8 Å². The van der Waals surface area contributed by atoms with Gasteiger partial charge in [0.1, 0.15) is 35.7 Å². The van der Waals surface area contributed by atoms with Crippen molar-refractivity contribution in [3.8, 4) is 0 Å². The number of nitrogens with two attached hydrogens (primary N) is 1. The molecule has 2 aromatic rings. The molecule has 30 nitrogen and oxygen atoms in total. The van der Waals surface area contributed by atoms with Gasteiger partial charge in [-0.25, -0.2) is 9.59 Å². The number of hydrogen-bond acceptors (Lipinski definition) is 18. The molecule has 2 aliphatic rings. The van der Waals surface area contributed by atoms with Gasteiger partial charge in [0.25, 0.3) is 21.9 Å². The van der Waals surface area contributed by atoms with Crippen molar-refractivity contribution in [3.05, 3.63) is 71.8 Å². The van der Waals surface area contributed by atoms with Crippen LogP contribution in [-0.4, -0.2) is 219 Å². The van der Waals surface area contributed by atoms with Crippen molar-refractivity contribution >= 4 is 86.9 Å². The second kappa shape index (κ2) is 38.7. The predicted octanol–water partition coefficient (Wildman–Crippen LogP) is 3.32. The second-order valence-electron chi connectivity index (χ2n) is 25.7. The molecule has 2 heterocycles. The van der Waals surface area contributed by atoms with Gasteiger partial charge < -0.3 is 66.4 Å². The molecular weight excluding hydrogens is 1290 g/mol. The van der Waals surface area contributed by atoms with Crippen molar-refractivity contribution < 1.29 is 89.5 Å². The summed E-state index contributed by atoms with van der Waals surface area (Å²) < 4.78 is 59.2. The summed E-state index contributed by atoms with van der Waals surface area (Å²) in [5, 5.41) is 15.8. The maximum absolute atomic E-state index is 14.8. The number of likely N-dealkylation sites (N-methyl/N-ethyl adjacent to an activating group) is 2. The first-order valence-corrected chi connectivity index (χ1v) is 34.4. The van der Waals surface area contributed by atoms with Crippen molar-refractivity contribution in [3.63, 3.8) is 0 Å². The number of imide groups is 1. The number of ether oxygens (including phenoxy) is 4. The number of Topliss-reactive ketones (excluding diaryl/α,β-unsaturated/α-hetero) is 1. The highest BCUT2D eigenvalue weighted by Crippen LogP contribution is 2.31. The van der Waals surface area contributed by atoms with Gasteiger partial charge >= 0.3 is 12.1 Å². The lowest BCUT2D eigenvalue weighted by Gasteiger charge is -2.41. The molecule has 0 aromatic heterocycles. The molecule has 544 valence electrons. The summed E-state index contributed by atoms with van der Waals surface area (Å²) in [6.07, 6.45) is 0.910. The van der Waals surface area contributed by atoms with Gasteiger partial charge in [-0.15, -0.1) is 0 Å². The number of carbonyl (C=O) groups excluding carboxylic acids is 12. The van der Waals surface area contributed by atoms with Crippen LogP contribution in [-0.2, 0) is 78.8 Å². The Bertz CT molecular complexity index is 3260. The van der Waals surface area contributed by atoms with E-state index < -0.39 is 159 Å². The number of hydrogen-bond donors (Lipinski definition) is 8. The standard InChI is InChI=1S/C67H101N11O19S/c1-15-41(8)58(49(94-13)36-54(82)77-31-20-24-48(77)60(95-14)42(9)61(84)70-43(10)59(83)44-21-17-16-18-22-44)75(11)65(88)56(39(4)5)74-64(87)57(40(6)7)76(12)67(90)97-37-45-25-26-46(35-50(45)98(91,92)93)71-62(85)47(23-19-30-69-66(68)89)72-63(86)55(38(2)3)73-51(79)29-33-96-34-32-78-52(80)27-28-53(78)81/h16-18,21-22,25-28,35,38-43,47-49,55-58,60H,15,19-20,23-24,29-34,36-37H2,1-14H3,(H,70,84)(H,71,85)(H,72,86)(H,73,79)(H,74,87)(H3,68,69,89)(H,91,92,93)/t41?,42?,43?,47-,48?,49?,55?,56?,57?,58?,60?/m0/s1.